The molecule has 8 nitrogen and oxygen atoms in total. The fourth-order valence-electron chi connectivity index (χ4n) is 4.81. The van der Waals surface area contributed by atoms with E-state index in [2.05, 4.69) is 9.80 Å². The Labute approximate surface area is 242 Å². The quantitative estimate of drug-likeness (QED) is 0.216. The molecule has 11 heteroatoms. The zero-order valence-corrected chi connectivity index (χ0v) is 24.3. The van der Waals surface area contributed by atoms with Crippen LogP contribution in [0.1, 0.15) is 24.5 Å². The lowest BCUT2D eigenvalue weighted by Gasteiger charge is -2.37. The van der Waals surface area contributed by atoms with Crippen molar-refractivity contribution in [1.29, 1.82) is 0 Å². The molecular weight excluding hydrogens is 554 g/mol. The lowest BCUT2D eigenvalue weighted by molar-refractivity contribution is -0.122. The highest BCUT2D eigenvalue weighted by Gasteiger charge is 2.33. The van der Waals surface area contributed by atoms with Gasteiger partial charge in [-0.2, -0.15) is 0 Å². The number of ether oxygens (including phenoxy) is 1. The Morgan fingerprint density at radius 1 is 1.13 bits per heavy atom. The van der Waals surface area contributed by atoms with Crippen molar-refractivity contribution in [3.05, 3.63) is 74.0 Å². The third kappa shape index (κ3) is 5.84. The summed E-state index contributed by atoms with van der Waals surface area (Å²) >= 11 is 12.9. The van der Waals surface area contributed by atoms with Gasteiger partial charge in [-0.05, 0) is 56.2 Å². The van der Waals surface area contributed by atoms with Crippen molar-refractivity contribution in [2.24, 2.45) is 0 Å². The Bertz CT molecular complexity index is 1500. The van der Waals surface area contributed by atoms with Gasteiger partial charge in [0.2, 0.25) is 0 Å². The normalized spacial score (nSPS) is 17.2. The number of carbonyl (C=O) groups is 1. The molecule has 0 radical (unpaired) electrons. The summed E-state index contributed by atoms with van der Waals surface area (Å²) in [6.45, 7) is 8.38. The molecule has 39 heavy (non-hydrogen) atoms. The molecule has 1 aromatic carbocycles. The van der Waals surface area contributed by atoms with Crippen LogP contribution in [-0.4, -0.2) is 70.4 Å². The van der Waals surface area contributed by atoms with Gasteiger partial charge in [-0.25, -0.2) is 4.98 Å². The van der Waals surface area contributed by atoms with Crippen LogP contribution in [0.2, 0.25) is 5.02 Å². The van der Waals surface area contributed by atoms with E-state index in [1.165, 1.54) is 11.8 Å². The molecule has 2 aliphatic heterocycles. The van der Waals surface area contributed by atoms with Crippen LogP contribution in [0, 0.1) is 6.92 Å². The van der Waals surface area contributed by atoms with Crippen LogP contribution in [0.5, 0.6) is 0 Å². The lowest BCUT2D eigenvalue weighted by Crippen LogP contribution is -2.47. The second-order valence-corrected chi connectivity index (χ2v) is 11.5. The maximum absolute atomic E-state index is 13.8. The summed E-state index contributed by atoms with van der Waals surface area (Å²) in [6.07, 6.45) is 4.08. The number of benzene rings is 1. The van der Waals surface area contributed by atoms with E-state index in [1.807, 2.05) is 50.2 Å². The number of thioether (sulfide) groups is 1. The molecule has 3 aromatic rings. The molecule has 0 saturated carbocycles. The molecule has 0 atom stereocenters. The molecule has 0 unspecified atom stereocenters. The number of fused-ring (bicyclic) bond motifs is 1. The van der Waals surface area contributed by atoms with Gasteiger partial charge in [0.25, 0.3) is 11.5 Å². The van der Waals surface area contributed by atoms with Gasteiger partial charge in [-0.15, -0.1) is 0 Å². The van der Waals surface area contributed by atoms with Crippen molar-refractivity contribution in [2.45, 2.75) is 20.3 Å². The average molecular weight is 584 g/mol. The number of anilines is 2. The third-order valence-electron chi connectivity index (χ3n) is 6.84. The number of aryl methyl sites for hydroxylation is 1. The topological polar surface area (TPSA) is 70.4 Å². The molecule has 0 spiro atoms. The zero-order chi connectivity index (χ0) is 27.5. The fraction of sp³-hybridized carbons (Fsp3) is 0.357. The van der Waals surface area contributed by atoms with Crippen LogP contribution in [0.4, 0.5) is 11.5 Å². The molecule has 0 aliphatic carbocycles. The fourth-order valence-corrected chi connectivity index (χ4v) is 6.28. The summed E-state index contributed by atoms with van der Waals surface area (Å²) < 4.78 is 7.45. The van der Waals surface area contributed by atoms with E-state index in [0.29, 0.717) is 70.5 Å². The summed E-state index contributed by atoms with van der Waals surface area (Å²) in [5, 5.41) is 0.701. The molecular formula is C28H30ClN5O3S2. The first-order valence-corrected chi connectivity index (χ1v) is 14.6. The van der Waals surface area contributed by atoms with Crippen LogP contribution >= 0.6 is 35.6 Å². The number of piperazine rings is 1. The second kappa shape index (κ2) is 12.1. The highest BCUT2D eigenvalue weighted by atomic mass is 35.5. The minimum Gasteiger partial charge on any atom is -0.382 e. The predicted molar refractivity (Wildman–Crippen MR) is 163 cm³/mol. The summed E-state index contributed by atoms with van der Waals surface area (Å²) in [6, 6.07) is 11.6. The summed E-state index contributed by atoms with van der Waals surface area (Å²) in [4.78, 5) is 38.5. The molecule has 2 fully saturated rings. The van der Waals surface area contributed by atoms with Gasteiger partial charge in [0.1, 0.15) is 15.8 Å². The lowest BCUT2D eigenvalue weighted by atomic mass is 10.2. The summed E-state index contributed by atoms with van der Waals surface area (Å²) in [7, 11) is 0. The smallest absolute Gasteiger partial charge is 0.267 e. The number of hydrogen-bond acceptors (Lipinski definition) is 8. The van der Waals surface area contributed by atoms with Gasteiger partial charge in [-0.1, -0.05) is 47.7 Å². The minimum atomic E-state index is -0.211. The molecule has 0 N–H and O–H groups in total. The Hall–Kier alpha value is -2.92. The first-order valence-electron chi connectivity index (χ1n) is 13.0. The van der Waals surface area contributed by atoms with E-state index in [4.69, 9.17) is 33.5 Å². The Morgan fingerprint density at radius 2 is 1.90 bits per heavy atom. The predicted octanol–water partition coefficient (Wildman–Crippen LogP) is 4.61. The zero-order valence-electron chi connectivity index (χ0n) is 21.9. The molecule has 1 amide bonds. The Kier molecular flexibility index (Phi) is 8.56. The second-order valence-electron chi connectivity index (χ2n) is 9.38. The largest absolute Gasteiger partial charge is 0.382 e. The standard InChI is InChI=1S/C28H30ClN5O3S2/c1-3-37-16-6-11-34-27(36)23(39-28(34)38)18-22-25(30-24-19(2)7-5-10-33(24)26(22)35)32-14-12-31(13-15-32)21-9-4-8-20(29)17-21/h4-5,7-10,17-18H,3,6,11-16H2,1-2H3/b23-18-. The SMILES string of the molecule is CCOCCCN1C(=O)/C(=C/c2c(N3CCN(c4cccc(Cl)c4)CC3)nc3c(C)cccn3c2=O)SC1=S. The number of pyridine rings is 1. The van der Waals surface area contributed by atoms with E-state index < -0.39 is 0 Å². The van der Waals surface area contributed by atoms with Crippen molar-refractivity contribution < 1.29 is 9.53 Å². The molecule has 2 saturated heterocycles. The van der Waals surface area contributed by atoms with Crippen LogP contribution in [0.3, 0.4) is 0 Å². The summed E-state index contributed by atoms with van der Waals surface area (Å²) in [5.41, 5.74) is 2.76. The van der Waals surface area contributed by atoms with Gasteiger partial charge < -0.3 is 14.5 Å². The number of aromatic nitrogens is 2. The molecule has 204 valence electrons. The van der Waals surface area contributed by atoms with Crippen molar-refractivity contribution in [3.8, 4) is 0 Å². The molecule has 2 aromatic heterocycles. The number of nitrogens with zero attached hydrogens (tertiary/aromatic N) is 5. The monoisotopic (exact) mass is 583 g/mol. The number of rotatable bonds is 8. The maximum atomic E-state index is 13.8. The van der Waals surface area contributed by atoms with E-state index in [0.717, 1.165) is 24.3 Å². The van der Waals surface area contributed by atoms with Crippen LogP contribution in [0.25, 0.3) is 11.7 Å². The number of thiocarbonyl (C=S) groups is 1. The third-order valence-corrected chi connectivity index (χ3v) is 8.45. The van der Waals surface area contributed by atoms with E-state index in [-0.39, 0.29) is 11.5 Å². The maximum Gasteiger partial charge on any atom is 0.267 e. The first kappa shape index (κ1) is 27.6. The number of halogens is 1. The van der Waals surface area contributed by atoms with E-state index >= 15 is 0 Å². The Balaban J connectivity index is 1.47. The molecule has 0 bridgehead atoms. The van der Waals surface area contributed by atoms with Crippen LogP contribution < -0.4 is 15.4 Å². The minimum absolute atomic E-state index is 0.188. The Morgan fingerprint density at radius 3 is 2.64 bits per heavy atom. The molecule has 5 rings (SSSR count). The highest BCUT2D eigenvalue weighted by molar-refractivity contribution is 8.26. The van der Waals surface area contributed by atoms with Crippen molar-refractivity contribution >= 4 is 69.0 Å². The van der Waals surface area contributed by atoms with Gasteiger partial charge in [0, 0.05) is 62.8 Å². The van der Waals surface area contributed by atoms with Gasteiger partial charge in [0.15, 0.2) is 0 Å². The number of hydrogen-bond donors (Lipinski definition) is 0. The molecule has 2 aliphatic rings. The van der Waals surface area contributed by atoms with Gasteiger partial charge in [0.05, 0.1) is 10.5 Å². The van der Waals surface area contributed by atoms with Gasteiger partial charge in [-0.3, -0.25) is 18.9 Å². The average Bonchev–Trinajstić information content (AvgIpc) is 3.20. The number of amides is 1. The van der Waals surface area contributed by atoms with Crippen molar-refractivity contribution in [1.82, 2.24) is 14.3 Å². The number of carbonyl (C=O) groups excluding carboxylic acids is 1. The van der Waals surface area contributed by atoms with Crippen molar-refractivity contribution in [3.63, 3.8) is 0 Å². The van der Waals surface area contributed by atoms with Crippen LogP contribution in [0.15, 0.2) is 52.3 Å². The van der Waals surface area contributed by atoms with E-state index in [9.17, 15) is 9.59 Å². The van der Waals surface area contributed by atoms with Gasteiger partial charge >= 0.3 is 0 Å². The summed E-state index contributed by atoms with van der Waals surface area (Å²) in [5.74, 6) is 0.397. The first-order chi connectivity index (χ1) is 18.9. The van der Waals surface area contributed by atoms with E-state index in [1.54, 1.807) is 21.6 Å². The van der Waals surface area contributed by atoms with Crippen molar-refractivity contribution in [2.75, 3.05) is 55.7 Å². The molecule has 4 heterocycles. The van der Waals surface area contributed by atoms with Crippen LogP contribution in [-0.2, 0) is 9.53 Å². The highest BCUT2D eigenvalue weighted by Crippen LogP contribution is 2.34.